The predicted octanol–water partition coefficient (Wildman–Crippen LogP) is 0.830. The molecule has 16 heavy (non-hydrogen) atoms. The van der Waals surface area contributed by atoms with Crippen LogP contribution in [0.1, 0.15) is 34.8 Å². The summed E-state index contributed by atoms with van der Waals surface area (Å²) in [7, 11) is 0. The zero-order chi connectivity index (χ0) is 12.0. The standard InChI is InChI=1S/C10H12N2O4/c1-3-15-9(13)7-8(10(14)16-4-2)12-6-5-11-7/h5-6H,3-4H2,1-2H3. The van der Waals surface area contributed by atoms with Gasteiger partial charge in [0.25, 0.3) is 0 Å². The van der Waals surface area contributed by atoms with Gasteiger partial charge >= 0.3 is 11.9 Å². The Hall–Kier alpha value is -1.98. The lowest BCUT2D eigenvalue weighted by atomic mass is 10.3. The second kappa shape index (κ2) is 5.79. The number of esters is 2. The van der Waals surface area contributed by atoms with Crippen molar-refractivity contribution in [3.8, 4) is 0 Å². The van der Waals surface area contributed by atoms with Crippen LogP contribution in [0.5, 0.6) is 0 Å². The Labute approximate surface area is 92.6 Å². The lowest BCUT2D eigenvalue weighted by molar-refractivity contribution is 0.0467. The predicted molar refractivity (Wildman–Crippen MR) is 53.9 cm³/mol. The monoisotopic (exact) mass is 224 g/mol. The maximum atomic E-state index is 11.4. The average Bonchev–Trinajstić information content (AvgIpc) is 2.30. The van der Waals surface area contributed by atoms with Crippen molar-refractivity contribution < 1.29 is 19.1 Å². The van der Waals surface area contributed by atoms with Gasteiger partial charge in [0.05, 0.1) is 13.2 Å². The Morgan fingerprint density at radius 3 is 1.69 bits per heavy atom. The lowest BCUT2D eigenvalue weighted by Crippen LogP contribution is -2.17. The van der Waals surface area contributed by atoms with Gasteiger partial charge in [-0.25, -0.2) is 19.6 Å². The average molecular weight is 224 g/mol. The zero-order valence-electron chi connectivity index (χ0n) is 9.10. The molecular formula is C10H12N2O4. The van der Waals surface area contributed by atoms with Crippen molar-refractivity contribution in [1.82, 2.24) is 9.97 Å². The molecular weight excluding hydrogens is 212 g/mol. The molecule has 0 aliphatic heterocycles. The molecule has 0 spiro atoms. The van der Waals surface area contributed by atoms with Crippen LogP contribution >= 0.6 is 0 Å². The van der Waals surface area contributed by atoms with Crippen LogP contribution in [0.25, 0.3) is 0 Å². The van der Waals surface area contributed by atoms with E-state index in [1.807, 2.05) is 0 Å². The third kappa shape index (κ3) is 2.75. The van der Waals surface area contributed by atoms with Crippen LogP contribution in [0, 0.1) is 0 Å². The van der Waals surface area contributed by atoms with Crippen LogP contribution in [0.15, 0.2) is 12.4 Å². The first-order valence-corrected chi connectivity index (χ1v) is 4.86. The van der Waals surface area contributed by atoms with Gasteiger partial charge in [-0.1, -0.05) is 0 Å². The summed E-state index contributed by atoms with van der Waals surface area (Å²) in [5.74, 6) is -1.36. The molecule has 0 unspecified atom stereocenters. The summed E-state index contributed by atoms with van der Waals surface area (Å²) >= 11 is 0. The Morgan fingerprint density at radius 2 is 1.38 bits per heavy atom. The van der Waals surface area contributed by atoms with Crippen molar-refractivity contribution in [3.05, 3.63) is 23.8 Å². The molecule has 1 aromatic heterocycles. The van der Waals surface area contributed by atoms with Crippen LogP contribution in [-0.2, 0) is 9.47 Å². The summed E-state index contributed by atoms with van der Waals surface area (Å²) in [4.78, 5) is 30.4. The highest BCUT2D eigenvalue weighted by Crippen LogP contribution is 2.05. The van der Waals surface area contributed by atoms with E-state index in [9.17, 15) is 9.59 Å². The van der Waals surface area contributed by atoms with E-state index in [4.69, 9.17) is 9.47 Å². The number of nitrogens with zero attached hydrogens (tertiary/aromatic N) is 2. The molecule has 1 aromatic rings. The second-order valence-corrected chi connectivity index (χ2v) is 2.69. The van der Waals surface area contributed by atoms with Crippen LogP contribution in [-0.4, -0.2) is 35.1 Å². The van der Waals surface area contributed by atoms with Gasteiger partial charge in [0.15, 0.2) is 11.4 Å². The Balaban J connectivity index is 3.00. The maximum Gasteiger partial charge on any atom is 0.359 e. The van der Waals surface area contributed by atoms with Crippen molar-refractivity contribution in [2.75, 3.05) is 13.2 Å². The third-order valence-corrected chi connectivity index (χ3v) is 1.64. The van der Waals surface area contributed by atoms with Gasteiger partial charge < -0.3 is 9.47 Å². The molecule has 0 fully saturated rings. The van der Waals surface area contributed by atoms with Crippen LogP contribution in [0.3, 0.4) is 0 Å². The van der Waals surface area contributed by atoms with Crippen LogP contribution < -0.4 is 0 Å². The lowest BCUT2D eigenvalue weighted by Gasteiger charge is -2.05. The zero-order valence-corrected chi connectivity index (χ0v) is 9.10. The minimum absolute atomic E-state index is 0.122. The molecule has 0 aliphatic carbocycles. The van der Waals surface area contributed by atoms with E-state index >= 15 is 0 Å². The smallest absolute Gasteiger partial charge is 0.359 e. The van der Waals surface area contributed by atoms with Crippen LogP contribution in [0.2, 0.25) is 0 Å². The van der Waals surface area contributed by atoms with Crippen molar-refractivity contribution in [1.29, 1.82) is 0 Å². The SMILES string of the molecule is CCOC(=O)c1nccnc1C(=O)OCC. The molecule has 0 radical (unpaired) electrons. The first-order valence-electron chi connectivity index (χ1n) is 4.86. The van der Waals surface area contributed by atoms with E-state index in [0.717, 1.165) is 0 Å². The Morgan fingerprint density at radius 1 is 1.00 bits per heavy atom. The van der Waals surface area contributed by atoms with E-state index in [1.165, 1.54) is 12.4 Å². The summed E-state index contributed by atoms with van der Waals surface area (Å²) in [5.41, 5.74) is -0.245. The summed E-state index contributed by atoms with van der Waals surface area (Å²) in [6, 6.07) is 0. The molecule has 0 saturated carbocycles. The molecule has 0 N–H and O–H groups in total. The highest BCUT2D eigenvalue weighted by molar-refractivity contribution is 6.00. The molecule has 86 valence electrons. The summed E-state index contributed by atoms with van der Waals surface area (Å²) < 4.78 is 9.50. The van der Waals surface area contributed by atoms with E-state index in [2.05, 4.69) is 9.97 Å². The normalized spacial score (nSPS) is 9.62. The third-order valence-electron chi connectivity index (χ3n) is 1.64. The quantitative estimate of drug-likeness (QED) is 0.705. The molecule has 6 heteroatoms. The van der Waals surface area contributed by atoms with Gasteiger partial charge in [-0.15, -0.1) is 0 Å². The molecule has 6 nitrogen and oxygen atoms in total. The number of carbonyl (C=O) groups is 2. The molecule has 0 aliphatic rings. The van der Waals surface area contributed by atoms with Crippen molar-refractivity contribution >= 4 is 11.9 Å². The number of carbonyl (C=O) groups excluding carboxylic acids is 2. The van der Waals surface area contributed by atoms with Gasteiger partial charge in [-0.05, 0) is 13.8 Å². The number of ether oxygens (including phenoxy) is 2. The van der Waals surface area contributed by atoms with Gasteiger partial charge in [-0.2, -0.15) is 0 Å². The number of hydrogen-bond acceptors (Lipinski definition) is 6. The molecule has 0 amide bonds. The van der Waals surface area contributed by atoms with Crippen molar-refractivity contribution in [2.45, 2.75) is 13.8 Å². The highest BCUT2D eigenvalue weighted by Gasteiger charge is 2.21. The second-order valence-electron chi connectivity index (χ2n) is 2.69. The fourth-order valence-corrected chi connectivity index (χ4v) is 1.04. The Bertz CT molecular complexity index is 355. The topological polar surface area (TPSA) is 78.4 Å². The molecule has 0 bridgehead atoms. The largest absolute Gasteiger partial charge is 0.461 e. The van der Waals surface area contributed by atoms with Crippen molar-refractivity contribution in [2.24, 2.45) is 0 Å². The number of aromatic nitrogens is 2. The van der Waals surface area contributed by atoms with E-state index in [1.54, 1.807) is 13.8 Å². The molecule has 1 heterocycles. The van der Waals surface area contributed by atoms with E-state index in [0.29, 0.717) is 0 Å². The first kappa shape index (κ1) is 12.1. The van der Waals surface area contributed by atoms with E-state index < -0.39 is 11.9 Å². The fourth-order valence-electron chi connectivity index (χ4n) is 1.04. The van der Waals surface area contributed by atoms with Gasteiger partial charge in [-0.3, -0.25) is 0 Å². The minimum atomic E-state index is -0.682. The van der Waals surface area contributed by atoms with Gasteiger partial charge in [0.1, 0.15) is 0 Å². The minimum Gasteiger partial charge on any atom is -0.461 e. The Kier molecular flexibility index (Phi) is 4.38. The summed E-state index contributed by atoms with van der Waals surface area (Å²) in [6.07, 6.45) is 2.63. The van der Waals surface area contributed by atoms with Crippen molar-refractivity contribution in [3.63, 3.8) is 0 Å². The fraction of sp³-hybridized carbons (Fsp3) is 0.400. The molecule has 0 atom stereocenters. The van der Waals surface area contributed by atoms with E-state index in [-0.39, 0.29) is 24.6 Å². The maximum absolute atomic E-state index is 11.4. The van der Waals surface area contributed by atoms with Crippen LogP contribution in [0.4, 0.5) is 0 Å². The summed E-state index contributed by atoms with van der Waals surface area (Å²) in [6.45, 7) is 3.74. The molecule has 0 saturated heterocycles. The number of rotatable bonds is 4. The number of hydrogen-bond donors (Lipinski definition) is 0. The molecule has 0 aromatic carbocycles. The van der Waals surface area contributed by atoms with Gasteiger partial charge in [0.2, 0.25) is 0 Å². The summed E-state index contributed by atoms with van der Waals surface area (Å²) in [5, 5.41) is 0. The van der Waals surface area contributed by atoms with Gasteiger partial charge in [0, 0.05) is 12.4 Å². The first-order chi connectivity index (χ1) is 7.70. The molecule has 1 rings (SSSR count). The highest BCUT2D eigenvalue weighted by atomic mass is 16.5.